The Labute approximate surface area is 112 Å². The van der Waals surface area contributed by atoms with Crippen LogP contribution in [0, 0.1) is 5.92 Å². The van der Waals surface area contributed by atoms with E-state index in [9.17, 15) is 4.79 Å². The molecule has 0 aliphatic rings. The van der Waals surface area contributed by atoms with Crippen LogP contribution in [0.15, 0.2) is 18.2 Å². The highest BCUT2D eigenvalue weighted by molar-refractivity contribution is 6.35. The van der Waals surface area contributed by atoms with Gasteiger partial charge >= 0.3 is 5.97 Å². The van der Waals surface area contributed by atoms with Gasteiger partial charge in [-0.15, -0.1) is 0 Å². The number of halogens is 2. The van der Waals surface area contributed by atoms with E-state index < -0.39 is 5.97 Å². The first-order valence-corrected chi connectivity index (χ1v) is 6.47. The molecule has 1 aromatic rings. The van der Waals surface area contributed by atoms with E-state index in [0.717, 1.165) is 18.4 Å². The first kappa shape index (κ1) is 14.3. The van der Waals surface area contributed by atoms with Crippen LogP contribution in [-0.4, -0.2) is 11.1 Å². The highest BCUT2D eigenvalue weighted by Gasteiger charge is 2.18. The van der Waals surface area contributed by atoms with Crippen molar-refractivity contribution in [2.75, 3.05) is 0 Å². The van der Waals surface area contributed by atoms with Gasteiger partial charge in [0.05, 0.1) is 5.92 Å². The second-order valence-corrected chi connectivity index (χ2v) is 4.96. The molecule has 94 valence electrons. The first-order valence-electron chi connectivity index (χ1n) is 5.71. The van der Waals surface area contributed by atoms with Crippen molar-refractivity contribution in [1.82, 2.24) is 0 Å². The van der Waals surface area contributed by atoms with E-state index in [1.54, 1.807) is 18.2 Å². The van der Waals surface area contributed by atoms with Crippen molar-refractivity contribution in [3.8, 4) is 0 Å². The van der Waals surface area contributed by atoms with E-state index in [2.05, 4.69) is 0 Å². The van der Waals surface area contributed by atoms with Crippen LogP contribution in [0.2, 0.25) is 10.0 Å². The molecule has 1 N–H and O–H groups in total. The number of benzene rings is 1. The molecule has 1 rings (SSSR count). The number of hydrogen-bond acceptors (Lipinski definition) is 1. The highest BCUT2D eigenvalue weighted by Crippen LogP contribution is 2.25. The van der Waals surface area contributed by atoms with Crippen molar-refractivity contribution >= 4 is 29.2 Å². The number of hydrogen-bond donors (Lipinski definition) is 1. The predicted molar refractivity (Wildman–Crippen MR) is 70.8 cm³/mol. The summed E-state index contributed by atoms with van der Waals surface area (Å²) in [4.78, 5) is 11.1. The number of unbranched alkanes of at least 4 members (excludes halogenated alkanes) is 1. The molecular weight excluding hydrogens is 259 g/mol. The Balaban J connectivity index is 2.75. The highest BCUT2D eigenvalue weighted by atomic mass is 35.5. The van der Waals surface area contributed by atoms with Crippen LogP contribution in [0.25, 0.3) is 0 Å². The molecule has 0 radical (unpaired) electrons. The summed E-state index contributed by atoms with van der Waals surface area (Å²) in [6.07, 6.45) is 3.07. The standard InChI is InChI=1S/C13H16Cl2O2/c1-2-3-4-10(13(16)17)7-9-5-6-11(14)8-12(9)15/h5-6,8,10H,2-4,7H2,1H3,(H,16,17). The molecule has 0 aliphatic heterocycles. The van der Waals surface area contributed by atoms with Crippen molar-refractivity contribution in [3.63, 3.8) is 0 Å². The summed E-state index contributed by atoms with van der Waals surface area (Å²) in [6, 6.07) is 5.19. The number of aliphatic carboxylic acids is 1. The fourth-order valence-corrected chi connectivity index (χ4v) is 2.20. The van der Waals surface area contributed by atoms with Gasteiger partial charge in [0.25, 0.3) is 0 Å². The summed E-state index contributed by atoms with van der Waals surface area (Å²) in [5.74, 6) is -1.13. The van der Waals surface area contributed by atoms with Gasteiger partial charge in [-0.2, -0.15) is 0 Å². The first-order chi connectivity index (χ1) is 8.04. The Morgan fingerprint density at radius 1 is 1.41 bits per heavy atom. The van der Waals surface area contributed by atoms with Crippen LogP contribution in [0.3, 0.4) is 0 Å². The second kappa shape index (κ2) is 6.87. The van der Waals surface area contributed by atoms with Gasteiger partial charge in [0.1, 0.15) is 0 Å². The molecule has 0 aliphatic carbocycles. The molecular formula is C13H16Cl2O2. The third-order valence-corrected chi connectivity index (χ3v) is 3.32. The Bertz CT molecular complexity index is 391. The summed E-state index contributed by atoms with van der Waals surface area (Å²) >= 11 is 11.8. The van der Waals surface area contributed by atoms with Crippen LogP contribution in [-0.2, 0) is 11.2 Å². The number of carboxylic acid groups (broad SMARTS) is 1. The minimum atomic E-state index is -0.760. The average Bonchev–Trinajstić information content (AvgIpc) is 2.26. The summed E-state index contributed by atoms with van der Waals surface area (Å²) in [7, 11) is 0. The molecule has 1 unspecified atom stereocenters. The Kier molecular flexibility index (Phi) is 5.79. The number of rotatable bonds is 6. The Morgan fingerprint density at radius 2 is 2.12 bits per heavy atom. The van der Waals surface area contributed by atoms with Gasteiger partial charge in [-0.25, -0.2) is 0 Å². The maximum Gasteiger partial charge on any atom is 0.306 e. The van der Waals surface area contributed by atoms with E-state index in [4.69, 9.17) is 28.3 Å². The minimum Gasteiger partial charge on any atom is -0.481 e. The van der Waals surface area contributed by atoms with Gasteiger partial charge in [0, 0.05) is 10.0 Å². The summed E-state index contributed by atoms with van der Waals surface area (Å²) in [6.45, 7) is 2.05. The Morgan fingerprint density at radius 3 is 2.65 bits per heavy atom. The quantitative estimate of drug-likeness (QED) is 0.834. The van der Waals surface area contributed by atoms with Crippen molar-refractivity contribution < 1.29 is 9.90 Å². The van der Waals surface area contributed by atoms with Crippen molar-refractivity contribution in [2.24, 2.45) is 5.92 Å². The molecule has 0 heterocycles. The van der Waals surface area contributed by atoms with Gasteiger partial charge in [0.2, 0.25) is 0 Å². The van der Waals surface area contributed by atoms with E-state index in [1.165, 1.54) is 0 Å². The normalized spacial score (nSPS) is 12.4. The molecule has 0 amide bonds. The summed E-state index contributed by atoms with van der Waals surface area (Å²) in [5, 5.41) is 10.2. The third kappa shape index (κ3) is 4.57. The van der Waals surface area contributed by atoms with E-state index in [-0.39, 0.29) is 5.92 Å². The number of carbonyl (C=O) groups is 1. The van der Waals surface area contributed by atoms with Gasteiger partial charge < -0.3 is 5.11 Å². The molecule has 0 saturated carbocycles. The average molecular weight is 275 g/mol. The lowest BCUT2D eigenvalue weighted by Gasteiger charge is -2.13. The molecule has 0 fully saturated rings. The van der Waals surface area contributed by atoms with Crippen LogP contribution >= 0.6 is 23.2 Å². The van der Waals surface area contributed by atoms with E-state index >= 15 is 0 Å². The molecule has 0 aromatic heterocycles. The molecule has 0 bridgehead atoms. The SMILES string of the molecule is CCCCC(Cc1ccc(Cl)cc1Cl)C(=O)O. The maximum absolute atomic E-state index is 11.1. The number of carboxylic acids is 1. The van der Waals surface area contributed by atoms with Crippen molar-refractivity contribution in [1.29, 1.82) is 0 Å². The smallest absolute Gasteiger partial charge is 0.306 e. The van der Waals surface area contributed by atoms with Gasteiger partial charge in [-0.05, 0) is 30.5 Å². The lowest BCUT2D eigenvalue weighted by atomic mass is 9.94. The van der Waals surface area contributed by atoms with Gasteiger partial charge in [-0.3, -0.25) is 4.79 Å². The predicted octanol–water partition coefficient (Wildman–Crippen LogP) is 4.43. The van der Waals surface area contributed by atoms with Gasteiger partial charge in [0.15, 0.2) is 0 Å². The topological polar surface area (TPSA) is 37.3 Å². The summed E-state index contributed by atoms with van der Waals surface area (Å²) in [5.41, 5.74) is 0.847. The van der Waals surface area contributed by atoms with E-state index in [0.29, 0.717) is 22.9 Å². The zero-order valence-electron chi connectivity index (χ0n) is 9.75. The van der Waals surface area contributed by atoms with Crippen LogP contribution in [0.5, 0.6) is 0 Å². The zero-order valence-corrected chi connectivity index (χ0v) is 11.3. The van der Waals surface area contributed by atoms with Crippen molar-refractivity contribution in [2.45, 2.75) is 32.6 Å². The maximum atomic E-state index is 11.1. The molecule has 2 nitrogen and oxygen atoms in total. The molecule has 1 atom stereocenters. The lowest BCUT2D eigenvalue weighted by Crippen LogP contribution is -2.16. The zero-order chi connectivity index (χ0) is 12.8. The fraction of sp³-hybridized carbons (Fsp3) is 0.462. The molecule has 17 heavy (non-hydrogen) atoms. The lowest BCUT2D eigenvalue weighted by molar-refractivity contribution is -0.141. The fourth-order valence-electron chi connectivity index (χ4n) is 1.72. The largest absolute Gasteiger partial charge is 0.481 e. The summed E-state index contributed by atoms with van der Waals surface area (Å²) < 4.78 is 0. The van der Waals surface area contributed by atoms with Crippen molar-refractivity contribution in [3.05, 3.63) is 33.8 Å². The van der Waals surface area contributed by atoms with Crippen LogP contribution in [0.4, 0.5) is 0 Å². The molecule has 0 saturated heterocycles. The Hall–Kier alpha value is -0.730. The van der Waals surface area contributed by atoms with E-state index in [1.807, 2.05) is 6.92 Å². The molecule has 0 spiro atoms. The monoisotopic (exact) mass is 274 g/mol. The second-order valence-electron chi connectivity index (χ2n) is 4.12. The third-order valence-electron chi connectivity index (χ3n) is 2.74. The molecule has 1 aromatic carbocycles. The van der Waals surface area contributed by atoms with Crippen LogP contribution in [0.1, 0.15) is 31.7 Å². The minimum absolute atomic E-state index is 0.367. The van der Waals surface area contributed by atoms with Gasteiger partial charge in [-0.1, -0.05) is 49.0 Å². The molecule has 4 heteroatoms. The van der Waals surface area contributed by atoms with Crippen LogP contribution < -0.4 is 0 Å².